The number of rotatable bonds is 1. The van der Waals surface area contributed by atoms with Gasteiger partial charge in [0, 0.05) is 25.2 Å². The molecular formula is C15H19ClF2N2O. The smallest absolute Gasteiger partial charge is 0.256 e. The summed E-state index contributed by atoms with van der Waals surface area (Å²) in [6, 6.07) is 3.21. The minimum Gasteiger partial charge on any atom is -0.338 e. The highest BCUT2D eigenvalue weighted by Gasteiger charge is 2.40. The van der Waals surface area contributed by atoms with E-state index >= 15 is 0 Å². The van der Waals surface area contributed by atoms with Gasteiger partial charge in [0.2, 0.25) is 0 Å². The van der Waals surface area contributed by atoms with Gasteiger partial charge in [-0.15, -0.1) is 12.4 Å². The fourth-order valence-corrected chi connectivity index (χ4v) is 3.52. The van der Waals surface area contributed by atoms with Crippen molar-refractivity contribution < 1.29 is 13.6 Å². The van der Waals surface area contributed by atoms with E-state index in [1.807, 2.05) is 0 Å². The van der Waals surface area contributed by atoms with Gasteiger partial charge in [-0.05, 0) is 36.8 Å². The fraction of sp³-hybridized carbons (Fsp3) is 0.533. The molecule has 2 N–H and O–H groups in total. The highest BCUT2D eigenvalue weighted by molar-refractivity contribution is 5.94. The topological polar surface area (TPSA) is 46.3 Å². The summed E-state index contributed by atoms with van der Waals surface area (Å²) in [5, 5.41) is 0. The Hall–Kier alpha value is -1.20. The van der Waals surface area contributed by atoms with E-state index in [0.717, 1.165) is 31.4 Å². The molecule has 0 aromatic heterocycles. The predicted octanol–water partition coefficient (Wildman–Crippen LogP) is 2.59. The van der Waals surface area contributed by atoms with Crippen molar-refractivity contribution in [1.82, 2.24) is 4.90 Å². The molecule has 2 fully saturated rings. The van der Waals surface area contributed by atoms with Crippen LogP contribution in [0.15, 0.2) is 18.2 Å². The van der Waals surface area contributed by atoms with Crippen LogP contribution < -0.4 is 5.73 Å². The van der Waals surface area contributed by atoms with E-state index in [9.17, 15) is 13.6 Å². The number of carbonyl (C=O) groups excluding carboxylic acids is 1. The second-order valence-electron chi connectivity index (χ2n) is 5.85. The van der Waals surface area contributed by atoms with Gasteiger partial charge in [0.1, 0.15) is 11.6 Å². The summed E-state index contributed by atoms with van der Waals surface area (Å²) < 4.78 is 26.6. The summed E-state index contributed by atoms with van der Waals surface area (Å²) in [6.07, 6.45) is 3.16. The van der Waals surface area contributed by atoms with Crippen LogP contribution in [0.2, 0.25) is 0 Å². The van der Waals surface area contributed by atoms with Crippen molar-refractivity contribution in [3.63, 3.8) is 0 Å². The Morgan fingerprint density at radius 2 is 2.00 bits per heavy atom. The Kier molecular flexibility index (Phi) is 4.84. The molecule has 1 aliphatic heterocycles. The standard InChI is InChI=1S/C15H18F2N2O.ClH/c16-10-4-5-11(13(17)6-10)15(20)19-7-9-2-1-3-14(18)12(9)8-19;/h4-6,9,12,14H,1-3,7-8,18H2;1H. The molecule has 6 heteroatoms. The largest absolute Gasteiger partial charge is 0.338 e. The van der Waals surface area contributed by atoms with Gasteiger partial charge >= 0.3 is 0 Å². The molecule has 0 radical (unpaired) electrons. The highest BCUT2D eigenvalue weighted by atomic mass is 35.5. The lowest BCUT2D eigenvalue weighted by Gasteiger charge is -2.29. The third kappa shape index (κ3) is 3.04. The van der Waals surface area contributed by atoms with Gasteiger partial charge in [0.15, 0.2) is 0 Å². The van der Waals surface area contributed by atoms with Crippen molar-refractivity contribution in [3.8, 4) is 0 Å². The average molecular weight is 317 g/mol. The van der Waals surface area contributed by atoms with Crippen LogP contribution in [-0.2, 0) is 0 Å². The van der Waals surface area contributed by atoms with Crippen molar-refractivity contribution in [1.29, 1.82) is 0 Å². The van der Waals surface area contributed by atoms with Crippen molar-refractivity contribution in [2.24, 2.45) is 17.6 Å². The number of likely N-dealkylation sites (tertiary alicyclic amines) is 1. The maximum atomic E-state index is 13.7. The van der Waals surface area contributed by atoms with E-state index in [0.29, 0.717) is 24.9 Å². The summed E-state index contributed by atoms with van der Waals surface area (Å²) >= 11 is 0. The first-order chi connectivity index (χ1) is 9.56. The van der Waals surface area contributed by atoms with Crippen LogP contribution in [0.1, 0.15) is 29.6 Å². The summed E-state index contributed by atoms with van der Waals surface area (Å²) in [6.45, 7) is 1.22. The Bertz CT molecular complexity index is 540. The van der Waals surface area contributed by atoms with Gasteiger partial charge in [0.05, 0.1) is 5.56 Å². The molecule has 2 aliphatic rings. The fourth-order valence-electron chi connectivity index (χ4n) is 3.52. The molecule has 1 aliphatic carbocycles. The molecule has 3 nitrogen and oxygen atoms in total. The Morgan fingerprint density at radius 1 is 1.24 bits per heavy atom. The maximum Gasteiger partial charge on any atom is 0.256 e. The zero-order valence-electron chi connectivity index (χ0n) is 11.6. The molecule has 1 aromatic carbocycles. The first-order valence-electron chi connectivity index (χ1n) is 7.06. The molecule has 3 rings (SSSR count). The number of fused-ring (bicyclic) bond motifs is 1. The first kappa shape index (κ1) is 16.2. The van der Waals surface area contributed by atoms with Gasteiger partial charge in [0.25, 0.3) is 5.91 Å². The van der Waals surface area contributed by atoms with Crippen LogP contribution in [-0.4, -0.2) is 29.9 Å². The van der Waals surface area contributed by atoms with Crippen LogP contribution in [0.3, 0.4) is 0 Å². The molecule has 1 aromatic rings. The number of nitrogens with two attached hydrogens (primary N) is 1. The number of benzene rings is 1. The molecule has 3 atom stereocenters. The zero-order chi connectivity index (χ0) is 14.3. The minimum atomic E-state index is -0.797. The van der Waals surface area contributed by atoms with Crippen molar-refractivity contribution in [3.05, 3.63) is 35.4 Å². The average Bonchev–Trinajstić information content (AvgIpc) is 2.83. The molecule has 1 saturated heterocycles. The number of halogens is 3. The molecule has 21 heavy (non-hydrogen) atoms. The van der Waals surface area contributed by atoms with Crippen LogP contribution in [0.5, 0.6) is 0 Å². The van der Waals surface area contributed by atoms with Crippen LogP contribution in [0.25, 0.3) is 0 Å². The van der Waals surface area contributed by atoms with Gasteiger partial charge in [-0.25, -0.2) is 8.78 Å². The SMILES string of the molecule is Cl.NC1CCCC2CN(C(=O)c3ccc(F)cc3F)CC12. The van der Waals surface area contributed by atoms with Crippen molar-refractivity contribution >= 4 is 18.3 Å². The Balaban J connectivity index is 0.00000161. The van der Waals surface area contributed by atoms with Crippen LogP contribution in [0, 0.1) is 23.5 Å². The summed E-state index contributed by atoms with van der Waals surface area (Å²) in [4.78, 5) is 14.0. The number of hydrogen-bond acceptors (Lipinski definition) is 2. The van der Waals surface area contributed by atoms with E-state index in [-0.39, 0.29) is 29.9 Å². The molecule has 0 spiro atoms. The van der Waals surface area contributed by atoms with Crippen LogP contribution in [0.4, 0.5) is 8.78 Å². The second-order valence-corrected chi connectivity index (χ2v) is 5.85. The zero-order valence-corrected chi connectivity index (χ0v) is 12.4. The lowest BCUT2D eigenvalue weighted by atomic mass is 9.78. The normalized spacial score (nSPS) is 28.0. The molecule has 3 unspecified atom stereocenters. The molecule has 1 amide bonds. The third-order valence-corrected chi connectivity index (χ3v) is 4.60. The third-order valence-electron chi connectivity index (χ3n) is 4.60. The quantitative estimate of drug-likeness (QED) is 0.865. The van der Waals surface area contributed by atoms with E-state index in [4.69, 9.17) is 5.73 Å². The number of hydrogen-bond donors (Lipinski definition) is 1. The summed E-state index contributed by atoms with van der Waals surface area (Å²) in [7, 11) is 0. The molecule has 116 valence electrons. The lowest BCUT2D eigenvalue weighted by molar-refractivity contribution is 0.0778. The van der Waals surface area contributed by atoms with Gasteiger partial charge in [-0.2, -0.15) is 0 Å². The van der Waals surface area contributed by atoms with Crippen molar-refractivity contribution in [2.75, 3.05) is 13.1 Å². The van der Waals surface area contributed by atoms with Crippen molar-refractivity contribution in [2.45, 2.75) is 25.3 Å². The lowest BCUT2D eigenvalue weighted by Crippen LogP contribution is -2.38. The maximum absolute atomic E-state index is 13.7. The van der Waals surface area contributed by atoms with Gasteiger partial charge < -0.3 is 10.6 Å². The summed E-state index contributed by atoms with van der Waals surface area (Å²) in [5.74, 6) is -1.09. The molecule has 0 bridgehead atoms. The second kappa shape index (κ2) is 6.28. The van der Waals surface area contributed by atoms with E-state index in [1.165, 1.54) is 6.07 Å². The first-order valence-corrected chi connectivity index (χ1v) is 7.06. The monoisotopic (exact) mass is 316 g/mol. The Morgan fingerprint density at radius 3 is 2.67 bits per heavy atom. The van der Waals surface area contributed by atoms with E-state index in [2.05, 4.69) is 0 Å². The van der Waals surface area contributed by atoms with E-state index in [1.54, 1.807) is 4.90 Å². The predicted molar refractivity (Wildman–Crippen MR) is 78.3 cm³/mol. The molecule has 1 saturated carbocycles. The number of nitrogens with zero attached hydrogens (tertiary/aromatic N) is 1. The number of carbonyl (C=O) groups is 1. The Labute approximate surface area is 128 Å². The van der Waals surface area contributed by atoms with Gasteiger partial charge in [-0.1, -0.05) is 6.42 Å². The van der Waals surface area contributed by atoms with Gasteiger partial charge in [-0.3, -0.25) is 4.79 Å². The minimum absolute atomic E-state index is 0. The van der Waals surface area contributed by atoms with E-state index < -0.39 is 11.6 Å². The number of amides is 1. The molecular weight excluding hydrogens is 298 g/mol. The molecule has 1 heterocycles. The highest BCUT2D eigenvalue weighted by Crippen LogP contribution is 2.36. The van der Waals surface area contributed by atoms with Crippen LogP contribution >= 0.6 is 12.4 Å². The summed E-state index contributed by atoms with van der Waals surface area (Å²) in [5.41, 5.74) is 6.05.